The van der Waals surface area contributed by atoms with E-state index in [9.17, 15) is 9.59 Å². The molecule has 0 radical (unpaired) electrons. The van der Waals surface area contributed by atoms with Crippen LogP contribution in [0.2, 0.25) is 0 Å². The summed E-state index contributed by atoms with van der Waals surface area (Å²) in [7, 11) is 0. The quantitative estimate of drug-likeness (QED) is 0.848. The second-order valence-corrected chi connectivity index (χ2v) is 6.06. The van der Waals surface area contributed by atoms with Gasteiger partial charge in [0, 0.05) is 30.9 Å². The van der Waals surface area contributed by atoms with Crippen molar-refractivity contribution in [3.05, 3.63) is 33.7 Å². The average molecular weight is 293 g/mol. The summed E-state index contributed by atoms with van der Waals surface area (Å²) in [6.45, 7) is 0.624. The van der Waals surface area contributed by atoms with E-state index in [1.807, 2.05) is 0 Å². The van der Waals surface area contributed by atoms with Gasteiger partial charge in [-0.1, -0.05) is 0 Å². The standard InChI is InChI=1S/C13H15N3O3S/c17-5-3-13(1-2-13)8-15-10(18)9-7-14-12-16(11(9)19)4-6-20-12/h4,6-7,17H,1-3,5,8H2,(H,15,18). The van der Waals surface area contributed by atoms with Crippen molar-refractivity contribution < 1.29 is 9.90 Å². The van der Waals surface area contributed by atoms with E-state index < -0.39 is 5.91 Å². The van der Waals surface area contributed by atoms with E-state index in [1.54, 1.807) is 11.6 Å². The summed E-state index contributed by atoms with van der Waals surface area (Å²) >= 11 is 1.35. The Balaban J connectivity index is 1.76. The van der Waals surface area contributed by atoms with Gasteiger partial charge in [0.15, 0.2) is 4.96 Å². The van der Waals surface area contributed by atoms with Crippen LogP contribution < -0.4 is 10.9 Å². The molecule has 1 aliphatic rings. The molecule has 2 aromatic heterocycles. The molecular weight excluding hydrogens is 278 g/mol. The first-order chi connectivity index (χ1) is 9.65. The number of aromatic nitrogens is 2. The van der Waals surface area contributed by atoms with Crippen LogP contribution >= 0.6 is 11.3 Å². The minimum Gasteiger partial charge on any atom is -0.396 e. The lowest BCUT2D eigenvalue weighted by Crippen LogP contribution is -2.35. The lowest BCUT2D eigenvalue weighted by atomic mass is 10.0. The Morgan fingerprint density at radius 2 is 2.35 bits per heavy atom. The highest BCUT2D eigenvalue weighted by atomic mass is 32.1. The van der Waals surface area contributed by atoms with Crippen LogP contribution in [0.4, 0.5) is 0 Å². The van der Waals surface area contributed by atoms with Gasteiger partial charge in [-0.15, -0.1) is 11.3 Å². The van der Waals surface area contributed by atoms with Gasteiger partial charge >= 0.3 is 0 Å². The van der Waals surface area contributed by atoms with Crippen molar-refractivity contribution in [3.63, 3.8) is 0 Å². The molecule has 2 N–H and O–H groups in total. The number of thiazole rings is 1. The maximum absolute atomic E-state index is 12.1. The monoisotopic (exact) mass is 293 g/mol. The molecule has 0 atom stereocenters. The molecule has 106 valence electrons. The molecule has 0 aromatic carbocycles. The molecular formula is C13H15N3O3S. The number of aliphatic hydroxyl groups is 1. The van der Waals surface area contributed by atoms with Crippen LogP contribution in [0.25, 0.3) is 4.96 Å². The van der Waals surface area contributed by atoms with Gasteiger partial charge in [0.05, 0.1) is 0 Å². The molecule has 6 nitrogen and oxygen atoms in total. The number of rotatable bonds is 5. The molecule has 0 saturated heterocycles. The number of nitrogens with zero attached hydrogens (tertiary/aromatic N) is 2. The van der Waals surface area contributed by atoms with Gasteiger partial charge in [0.25, 0.3) is 11.5 Å². The maximum Gasteiger partial charge on any atom is 0.271 e. The van der Waals surface area contributed by atoms with Crippen LogP contribution in [-0.4, -0.2) is 33.6 Å². The summed E-state index contributed by atoms with van der Waals surface area (Å²) in [5, 5.41) is 13.5. The van der Waals surface area contributed by atoms with Crippen LogP contribution in [0.3, 0.4) is 0 Å². The van der Waals surface area contributed by atoms with Crippen LogP contribution in [0, 0.1) is 5.41 Å². The van der Waals surface area contributed by atoms with Crippen molar-refractivity contribution in [1.82, 2.24) is 14.7 Å². The van der Waals surface area contributed by atoms with E-state index in [2.05, 4.69) is 10.3 Å². The van der Waals surface area contributed by atoms with E-state index in [-0.39, 0.29) is 23.1 Å². The Morgan fingerprint density at radius 3 is 3.05 bits per heavy atom. The minimum atomic E-state index is -0.396. The van der Waals surface area contributed by atoms with Crippen LogP contribution in [0.15, 0.2) is 22.6 Å². The van der Waals surface area contributed by atoms with Crippen molar-refractivity contribution in [2.24, 2.45) is 5.41 Å². The number of carbonyl (C=O) groups is 1. The molecule has 7 heteroatoms. The fourth-order valence-corrected chi connectivity index (χ4v) is 2.95. The third kappa shape index (κ3) is 2.34. The summed E-state index contributed by atoms with van der Waals surface area (Å²) < 4.78 is 1.38. The van der Waals surface area contributed by atoms with E-state index in [1.165, 1.54) is 21.9 Å². The highest BCUT2D eigenvalue weighted by molar-refractivity contribution is 7.15. The minimum absolute atomic E-state index is 0.0283. The molecule has 1 amide bonds. The van der Waals surface area contributed by atoms with Gasteiger partial charge in [-0.25, -0.2) is 4.98 Å². The number of aliphatic hydroxyl groups excluding tert-OH is 1. The number of fused-ring (bicyclic) bond motifs is 1. The normalized spacial score (nSPS) is 16.2. The van der Waals surface area contributed by atoms with Crippen molar-refractivity contribution in [2.45, 2.75) is 19.3 Å². The molecule has 2 heterocycles. The summed E-state index contributed by atoms with van der Waals surface area (Å²) in [6.07, 6.45) is 5.65. The van der Waals surface area contributed by atoms with Crippen LogP contribution in [0.1, 0.15) is 29.6 Å². The zero-order chi connectivity index (χ0) is 14.2. The molecule has 0 unspecified atom stereocenters. The van der Waals surface area contributed by atoms with Crippen molar-refractivity contribution >= 4 is 22.2 Å². The predicted octanol–water partition coefficient (Wildman–Crippen LogP) is 0.648. The smallest absolute Gasteiger partial charge is 0.271 e. The first kappa shape index (κ1) is 13.3. The maximum atomic E-state index is 12.1. The van der Waals surface area contributed by atoms with Crippen molar-refractivity contribution in [2.75, 3.05) is 13.2 Å². The molecule has 1 fully saturated rings. The van der Waals surface area contributed by atoms with Crippen LogP contribution in [0.5, 0.6) is 0 Å². The lowest BCUT2D eigenvalue weighted by molar-refractivity contribution is 0.0939. The van der Waals surface area contributed by atoms with Gasteiger partial charge in [-0.05, 0) is 24.7 Å². The van der Waals surface area contributed by atoms with E-state index >= 15 is 0 Å². The largest absolute Gasteiger partial charge is 0.396 e. The zero-order valence-electron chi connectivity index (χ0n) is 10.8. The zero-order valence-corrected chi connectivity index (χ0v) is 11.7. The van der Waals surface area contributed by atoms with Gasteiger partial charge in [-0.2, -0.15) is 0 Å². The Bertz CT molecular complexity index is 702. The lowest BCUT2D eigenvalue weighted by Gasteiger charge is -2.14. The molecule has 0 bridgehead atoms. The Labute approximate surface area is 119 Å². The Hall–Kier alpha value is -1.73. The average Bonchev–Trinajstić information content (AvgIpc) is 3.02. The van der Waals surface area contributed by atoms with Gasteiger partial charge < -0.3 is 10.4 Å². The number of carbonyl (C=O) groups excluding carboxylic acids is 1. The van der Waals surface area contributed by atoms with E-state index in [4.69, 9.17) is 5.11 Å². The summed E-state index contributed by atoms with van der Waals surface area (Å²) in [5.41, 5.74) is -0.262. The third-order valence-corrected chi connectivity index (χ3v) is 4.58. The second-order valence-electron chi connectivity index (χ2n) is 5.19. The van der Waals surface area contributed by atoms with Crippen molar-refractivity contribution in [3.8, 4) is 0 Å². The summed E-state index contributed by atoms with van der Waals surface area (Å²) in [5.74, 6) is -0.396. The first-order valence-electron chi connectivity index (χ1n) is 6.49. The van der Waals surface area contributed by atoms with E-state index in [0.29, 0.717) is 17.9 Å². The molecule has 20 heavy (non-hydrogen) atoms. The number of hydrogen-bond acceptors (Lipinski definition) is 5. The molecule has 3 rings (SSSR count). The van der Waals surface area contributed by atoms with Crippen LogP contribution in [-0.2, 0) is 0 Å². The summed E-state index contributed by atoms with van der Waals surface area (Å²) in [6, 6.07) is 0. The van der Waals surface area contributed by atoms with Gasteiger partial charge in [-0.3, -0.25) is 14.0 Å². The predicted molar refractivity (Wildman–Crippen MR) is 75.0 cm³/mol. The molecule has 1 saturated carbocycles. The Kier molecular flexibility index (Phi) is 3.31. The summed E-state index contributed by atoms with van der Waals surface area (Å²) in [4.78, 5) is 28.9. The molecule has 0 spiro atoms. The Morgan fingerprint density at radius 1 is 1.55 bits per heavy atom. The highest BCUT2D eigenvalue weighted by Crippen LogP contribution is 2.47. The van der Waals surface area contributed by atoms with E-state index in [0.717, 1.165) is 12.8 Å². The molecule has 1 aliphatic carbocycles. The van der Waals surface area contributed by atoms with Gasteiger partial charge in [0.2, 0.25) is 0 Å². The molecule has 0 aliphatic heterocycles. The highest BCUT2D eigenvalue weighted by Gasteiger charge is 2.42. The van der Waals surface area contributed by atoms with Crippen molar-refractivity contribution in [1.29, 1.82) is 0 Å². The number of hydrogen-bond donors (Lipinski definition) is 2. The number of amides is 1. The fraction of sp³-hybridized carbons (Fsp3) is 0.462. The third-order valence-electron chi connectivity index (χ3n) is 3.81. The first-order valence-corrected chi connectivity index (χ1v) is 7.37. The number of nitrogens with one attached hydrogen (secondary N) is 1. The fourth-order valence-electron chi connectivity index (χ4n) is 2.27. The topological polar surface area (TPSA) is 83.7 Å². The molecule has 2 aromatic rings. The second kappa shape index (κ2) is 4.99. The van der Waals surface area contributed by atoms with Gasteiger partial charge in [0.1, 0.15) is 5.56 Å². The SMILES string of the molecule is O=C(NCC1(CCO)CC1)c1cnc2sccn2c1=O.